The van der Waals surface area contributed by atoms with Crippen molar-refractivity contribution in [2.75, 3.05) is 5.32 Å². The zero-order valence-corrected chi connectivity index (χ0v) is 14.5. The van der Waals surface area contributed by atoms with Crippen LogP contribution in [-0.2, 0) is 11.3 Å². The second-order valence-corrected chi connectivity index (χ2v) is 6.50. The molecular weight excluding hydrogens is 351 g/mol. The number of carbonyl (C=O) groups is 3. The van der Waals surface area contributed by atoms with Gasteiger partial charge >= 0.3 is 5.97 Å². The maximum atomic E-state index is 13.9. The van der Waals surface area contributed by atoms with E-state index in [9.17, 15) is 18.8 Å². The van der Waals surface area contributed by atoms with E-state index in [-0.39, 0.29) is 29.5 Å². The van der Waals surface area contributed by atoms with Crippen LogP contribution in [0, 0.1) is 11.7 Å². The first-order valence-corrected chi connectivity index (χ1v) is 8.65. The van der Waals surface area contributed by atoms with Gasteiger partial charge in [-0.1, -0.05) is 18.6 Å². The Morgan fingerprint density at radius 3 is 2.52 bits per heavy atom. The molecule has 1 fully saturated rings. The third-order valence-electron chi connectivity index (χ3n) is 4.58. The van der Waals surface area contributed by atoms with Crippen molar-refractivity contribution in [1.29, 1.82) is 0 Å². The highest BCUT2D eigenvalue weighted by atomic mass is 19.1. The maximum Gasteiger partial charge on any atom is 0.335 e. The molecule has 140 valence electrons. The van der Waals surface area contributed by atoms with Gasteiger partial charge in [-0.05, 0) is 48.7 Å². The summed E-state index contributed by atoms with van der Waals surface area (Å²) in [5, 5.41) is 14.3. The molecule has 27 heavy (non-hydrogen) atoms. The number of anilines is 1. The van der Waals surface area contributed by atoms with Gasteiger partial charge in [-0.3, -0.25) is 9.59 Å². The van der Waals surface area contributed by atoms with E-state index in [0.717, 1.165) is 37.0 Å². The van der Waals surface area contributed by atoms with Crippen molar-refractivity contribution in [1.82, 2.24) is 5.32 Å². The number of hydrogen-bond acceptors (Lipinski definition) is 3. The van der Waals surface area contributed by atoms with Gasteiger partial charge in [-0.2, -0.15) is 0 Å². The molecule has 0 aromatic heterocycles. The lowest BCUT2D eigenvalue weighted by Gasteiger charge is -2.24. The SMILES string of the molecule is O=C(O)c1ccc(C(=O)NCc2cccc(NC(=O)C3CCC3)c2)c(F)c1. The summed E-state index contributed by atoms with van der Waals surface area (Å²) in [6.07, 6.45) is 2.90. The molecule has 0 spiro atoms. The number of nitrogens with one attached hydrogen (secondary N) is 2. The smallest absolute Gasteiger partial charge is 0.335 e. The van der Waals surface area contributed by atoms with E-state index in [0.29, 0.717) is 5.69 Å². The second kappa shape index (κ2) is 7.99. The first-order chi connectivity index (χ1) is 12.9. The third-order valence-corrected chi connectivity index (χ3v) is 4.58. The van der Waals surface area contributed by atoms with E-state index in [4.69, 9.17) is 5.11 Å². The second-order valence-electron chi connectivity index (χ2n) is 6.50. The van der Waals surface area contributed by atoms with E-state index in [2.05, 4.69) is 10.6 Å². The fourth-order valence-electron chi connectivity index (χ4n) is 2.78. The van der Waals surface area contributed by atoms with Crippen molar-refractivity contribution in [3.63, 3.8) is 0 Å². The molecule has 1 aliphatic rings. The molecular formula is C20H19FN2O4. The quantitative estimate of drug-likeness (QED) is 0.728. The van der Waals surface area contributed by atoms with Crippen LogP contribution in [0.5, 0.6) is 0 Å². The van der Waals surface area contributed by atoms with E-state index in [1.54, 1.807) is 24.3 Å². The molecule has 0 atom stereocenters. The van der Waals surface area contributed by atoms with Crippen LogP contribution < -0.4 is 10.6 Å². The molecule has 2 aromatic rings. The van der Waals surface area contributed by atoms with Gasteiger partial charge in [0.2, 0.25) is 5.91 Å². The molecule has 0 bridgehead atoms. The Balaban J connectivity index is 1.61. The summed E-state index contributed by atoms with van der Waals surface area (Å²) in [6.45, 7) is 0.145. The maximum absolute atomic E-state index is 13.9. The Hall–Kier alpha value is -3.22. The molecule has 0 aliphatic heterocycles. The van der Waals surface area contributed by atoms with E-state index in [1.807, 2.05) is 0 Å². The fourth-order valence-corrected chi connectivity index (χ4v) is 2.78. The lowest BCUT2D eigenvalue weighted by Crippen LogP contribution is -2.28. The Kier molecular flexibility index (Phi) is 5.49. The van der Waals surface area contributed by atoms with E-state index < -0.39 is 17.7 Å². The lowest BCUT2D eigenvalue weighted by atomic mass is 9.85. The minimum absolute atomic E-state index is 0.00280. The highest BCUT2D eigenvalue weighted by Crippen LogP contribution is 2.27. The Bertz CT molecular complexity index is 893. The molecule has 6 nitrogen and oxygen atoms in total. The predicted octanol–water partition coefficient (Wildman–Crippen LogP) is 3.19. The number of carboxylic acids is 1. The van der Waals surface area contributed by atoms with Crippen LogP contribution >= 0.6 is 0 Å². The summed E-state index contributed by atoms with van der Waals surface area (Å²) in [7, 11) is 0. The number of aromatic carboxylic acids is 1. The molecule has 2 aromatic carbocycles. The van der Waals surface area contributed by atoms with Gasteiger partial charge < -0.3 is 15.7 Å². The van der Waals surface area contributed by atoms with Gasteiger partial charge in [0, 0.05) is 18.2 Å². The molecule has 1 saturated carbocycles. The highest BCUT2D eigenvalue weighted by molar-refractivity contribution is 5.96. The molecule has 0 radical (unpaired) electrons. The number of amides is 2. The van der Waals surface area contributed by atoms with Crippen LogP contribution in [0.15, 0.2) is 42.5 Å². The standard InChI is InChI=1S/C20H19FN2O4/c21-17-10-14(20(26)27)7-8-16(17)19(25)22-11-12-3-1-6-15(9-12)23-18(24)13-4-2-5-13/h1,3,6-10,13H,2,4-5,11H2,(H,22,25)(H,23,24)(H,26,27). The van der Waals surface area contributed by atoms with E-state index in [1.165, 1.54) is 6.07 Å². The third kappa shape index (κ3) is 4.49. The van der Waals surface area contributed by atoms with Crippen molar-refractivity contribution >= 4 is 23.5 Å². The predicted molar refractivity (Wildman–Crippen MR) is 96.9 cm³/mol. The lowest BCUT2D eigenvalue weighted by molar-refractivity contribution is -0.122. The average Bonchev–Trinajstić information content (AvgIpc) is 2.58. The van der Waals surface area contributed by atoms with Gasteiger partial charge in [0.1, 0.15) is 5.82 Å². The Morgan fingerprint density at radius 2 is 1.89 bits per heavy atom. The van der Waals surface area contributed by atoms with Crippen molar-refractivity contribution < 1.29 is 23.9 Å². The van der Waals surface area contributed by atoms with Gasteiger partial charge in [0.25, 0.3) is 5.91 Å². The van der Waals surface area contributed by atoms with Crippen LogP contribution in [0.4, 0.5) is 10.1 Å². The average molecular weight is 370 g/mol. The van der Waals surface area contributed by atoms with Gasteiger partial charge in [-0.15, -0.1) is 0 Å². The number of carbonyl (C=O) groups excluding carboxylic acids is 2. The van der Waals surface area contributed by atoms with Crippen molar-refractivity contribution in [3.8, 4) is 0 Å². The monoisotopic (exact) mass is 370 g/mol. The number of benzene rings is 2. The van der Waals surface area contributed by atoms with Crippen LogP contribution in [0.2, 0.25) is 0 Å². The number of rotatable bonds is 6. The highest BCUT2D eigenvalue weighted by Gasteiger charge is 2.25. The van der Waals surface area contributed by atoms with Gasteiger partial charge in [-0.25, -0.2) is 9.18 Å². The minimum atomic E-state index is -1.26. The molecule has 0 saturated heterocycles. The first-order valence-electron chi connectivity index (χ1n) is 8.65. The zero-order chi connectivity index (χ0) is 19.4. The summed E-state index contributed by atoms with van der Waals surface area (Å²) < 4.78 is 13.9. The normalized spacial score (nSPS) is 13.5. The van der Waals surface area contributed by atoms with Gasteiger partial charge in [0.15, 0.2) is 0 Å². The molecule has 0 unspecified atom stereocenters. The van der Waals surface area contributed by atoms with Crippen molar-refractivity contribution in [3.05, 3.63) is 65.0 Å². The molecule has 3 rings (SSSR count). The van der Waals surface area contributed by atoms with Crippen molar-refractivity contribution in [2.45, 2.75) is 25.8 Å². The summed E-state index contributed by atoms with van der Waals surface area (Å²) in [5.74, 6) is -2.72. The first kappa shape index (κ1) is 18.6. The summed E-state index contributed by atoms with van der Waals surface area (Å²) in [4.78, 5) is 35.0. The topological polar surface area (TPSA) is 95.5 Å². The zero-order valence-electron chi connectivity index (χ0n) is 14.5. The molecule has 2 amide bonds. The summed E-state index contributed by atoms with van der Waals surface area (Å²) in [6, 6.07) is 10.2. The van der Waals surface area contributed by atoms with Crippen LogP contribution in [-0.4, -0.2) is 22.9 Å². The van der Waals surface area contributed by atoms with E-state index >= 15 is 0 Å². The summed E-state index contributed by atoms with van der Waals surface area (Å²) >= 11 is 0. The van der Waals surface area contributed by atoms with Crippen molar-refractivity contribution in [2.24, 2.45) is 5.92 Å². The number of carboxylic acid groups (broad SMARTS) is 1. The largest absolute Gasteiger partial charge is 0.478 e. The number of hydrogen-bond donors (Lipinski definition) is 3. The minimum Gasteiger partial charge on any atom is -0.478 e. The Labute approximate surface area is 155 Å². The van der Waals surface area contributed by atoms with Gasteiger partial charge in [0.05, 0.1) is 11.1 Å². The Morgan fingerprint density at radius 1 is 1.11 bits per heavy atom. The molecule has 0 heterocycles. The summed E-state index contributed by atoms with van der Waals surface area (Å²) in [5.41, 5.74) is 0.946. The number of halogens is 1. The molecule has 3 N–H and O–H groups in total. The van der Waals surface area contributed by atoms with Crippen LogP contribution in [0.25, 0.3) is 0 Å². The molecule has 1 aliphatic carbocycles. The van der Waals surface area contributed by atoms with Crippen LogP contribution in [0.3, 0.4) is 0 Å². The van der Waals surface area contributed by atoms with Crippen LogP contribution in [0.1, 0.15) is 45.5 Å². The fraction of sp³-hybridized carbons (Fsp3) is 0.250. The molecule has 7 heteroatoms.